The molecule has 1 rings (SSSR count). The Labute approximate surface area is 126 Å². The number of nitrogens with one attached hydrogen (secondary N) is 1. The van der Waals surface area contributed by atoms with Crippen molar-refractivity contribution in [3.8, 4) is 0 Å². The van der Waals surface area contributed by atoms with Crippen LogP contribution >= 0.6 is 0 Å². The van der Waals surface area contributed by atoms with Gasteiger partial charge in [0.05, 0.1) is 30.5 Å². The number of para-hydroxylation sites is 1. The third-order valence-electron chi connectivity index (χ3n) is 2.80. The predicted octanol–water partition coefficient (Wildman–Crippen LogP) is 1.58. The molecule has 0 aliphatic carbocycles. The Bertz CT molecular complexity index is 494. The van der Waals surface area contributed by atoms with E-state index in [1.807, 2.05) is 0 Å². The van der Waals surface area contributed by atoms with Gasteiger partial charge in [-0.1, -0.05) is 12.1 Å². The zero-order valence-corrected chi connectivity index (χ0v) is 12.4. The van der Waals surface area contributed by atoms with Crippen molar-refractivity contribution in [3.05, 3.63) is 29.8 Å². The summed E-state index contributed by atoms with van der Waals surface area (Å²) in [5.74, 6) is -0.594. The smallest absolute Gasteiger partial charge is 0.389 e. The number of aliphatic hydroxyl groups is 1. The van der Waals surface area contributed by atoms with Crippen LogP contribution in [-0.4, -0.2) is 55.9 Å². The van der Waals surface area contributed by atoms with E-state index >= 15 is 0 Å². The molecule has 1 aromatic rings. The largest absolute Gasteiger partial charge is 0.418 e. The monoisotopic (exact) mass is 320 g/mol. The fourth-order valence-electron chi connectivity index (χ4n) is 1.94. The van der Waals surface area contributed by atoms with Crippen molar-refractivity contribution < 1.29 is 27.8 Å². The van der Waals surface area contributed by atoms with Crippen LogP contribution in [0.5, 0.6) is 0 Å². The molecule has 1 aromatic carbocycles. The van der Waals surface area contributed by atoms with Gasteiger partial charge in [0.15, 0.2) is 0 Å². The van der Waals surface area contributed by atoms with Gasteiger partial charge < -0.3 is 15.2 Å². The van der Waals surface area contributed by atoms with Crippen molar-refractivity contribution in [1.82, 2.24) is 4.90 Å². The minimum absolute atomic E-state index is 0.114. The Morgan fingerprint density at radius 2 is 2.05 bits per heavy atom. The van der Waals surface area contributed by atoms with Crippen molar-refractivity contribution in [1.29, 1.82) is 0 Å². The minimum atomic E-state index is -4.54. The fraction of sp³-hybridized carbons (Fsp3) is 0.500. The number of alkyl halides is 3. The summed E-state index contributed by atoms with van der Waals surface area (Å²) in [5, 5.41) is 11.8. The zero-order valence-electron chi connectivity index (χ0n) is 12.4. The number of halogens is 3. The third kappa shape index (κ3) is 6.00. The van der Waals surface area contributed by atoms with Gasteiger partial charge in [0.25, 0.3) is 0 Å². The fourth-order valence-corrected chi connectivity index (χ4v) is 1.94. The van der Waals surface area contributed by atoms with E-state index in [1.54, 1.807) is 7.05 Å². The highest BCUT2D eigenvalue weighted by molar-refractivity contribution is 5.93. The van der Waals surface area contributed by atoms with Crippen molar-refractivity contribution in [2.24, 2.45) is 0 Å². The van der Waals surface area contributed by atoms with Gasteiger partial charge in [-0.2, -0.15) is 13.2 Å². The molecular formula is C14H19F3N2O3. The summed E-state index contributed by atoms with van der Waals surface area (Å²) in [7, 11) is 3.01. The molecule has 0 fully saturated rings. The van der Waals surface area contributed by atoms with E-state index in [2.05, 4.69) is 5.32 Å². The molecule has 0 saturated carbocycles. The molecule has 0 bridgehead atoms. The van der Waals surface area contributed by atoms with Crippen molar-refractivity contribution >= 4 is 11.6 Å². The maximum absolute atomic E-state index is 12.8. The van der Waals surface area contributed by atoms with E-state index in [0.29, 0.717) is 0 Å². The van der Waals surface area contributed by atoms with Crippen LogP contribution in [0.15, 0.2) is 24.3 Å². The molecule has 0 saturated heterocycles. The lowest BCUT2D eigenvalue weighted by Crippen LogP contribution is -2.37. The Morgan fingerprint density at radius 1 is 1.41 bits per heavy atom. The summed E-state index contributed by atoms with van der Waals surface area (Å²) in [5.41, 5.74) is -1.18. The first-order valence-corrected chi connectivity index (χ1v) is 6.55. The number of benzene rings is 1. The van der Waals surface area contributed by atoms with E-state index in [0.717, 1.165) is 6.07 Å². The molecule has 1 atom stereocenters. The summed E-state index contributed by atoms with van der Waals surface area (Å²) in [4.78, 5) is 13.3. The van der Waals surface area contributed by atoms with E-state index < -0.39 is 23.8 Å². The van der Waals surface area contributed by atoms with Crippen LogP contribution in [-0.2, 0) is 15.7 Å². The average Bonchev–Trinajstić information content (AvgIpc) is 2.37. The highest BCUT2D eigenvalue weighted by Crippen LogP contribution is 2.34. The lowest BCUT2D eigenvalue weighted by Gasteiger charge is -2.20. The van der Waals surface area contributed by atoms with Gasteiger partial charge in [-0.15, -0.1) is 0 Å². The maximum atomic E-state index is 12.8. The number of amides is 1. The molecule has 124 valence electrons. The second-order valence-electron chi connectivity index (χ2n) is 4.90. The number of ether oxygens (including phenoxy) is 1. The van der Waals surface area contributed by atoms with Gasteiger partial charge in [-0.25, -0.2) is 0 Å². The van der Waals surface area contributed by atoms with Crippen molar-refractivity contribution in [2.45, 2.75) is 12.3 Å². The molecule has 0 aliphatic rings. The normalized spacial score (nSPS) is 13.2. The number of carbonyl (C=O) groups is 1. The maximum Gasteiger partial charge on any atom is 0.418 e. The Hall–Kier alpha value is -1.64. The molecule has 0 radical (unpaired) electrons. The van der Waals surface area contributed by atoms with E-state index in [1.165, 1.54) is 30.2 Å². The number of hydrogen-bond donors (Lipinski definition) is 2. The van der Waals surface area contributed by atoms with Crippen molar-refractivity contribution in [2.75, 3.05) is 39.2 Å². The highest BCUT2D eigenvalue weighted by Gasteiger charge is 2.33. The van der Waals surface area contributed by atoms with Crippen LogP contribution in [0.3, 0.4) is 0 Å². The number of aliphatic hydroxyl groups excluding tert-OH is 1. The molecule has 1 unspecified atom stereocenters. The van der Waals surface area contributed by atoms with Crippen LogP contribution < -0.4 is 5.32 Å². The molecule has 0 aliphatic heterocycles. The summed E-state index contributed by atoms with van der Waals surface area (Å²) < 4.78 is 43.2. The number of methoxy groups -OCH3 is 1. The van der Waals surface area contributed by atoms with Crippen LogP contribution in [0.2, 0.25) is 0 Å². The number of nitrogens with zero attached hydrogens (tertiary/aromatic N) is 1. The first-order chi connectivity index (χ1) is 10.2. The summed E-state index contributed by atoms with van der Waals surface area (Å²) in [6.45, 7) is 0.137. The summed E-state index contributed by atoms with van der Waals surface area (Å²) in [6.07, 6.45) is -5.31. The molecule has 8 heteroatoms. The number of anilines is 1. The lowest BCUT2D eigenvalue weighted by atomic mass is 10.1. The minimum Gasteiger partial charge on any atom is -0.389 e. The topological polar surface area (TPSA) is 61.8 Å². The van der Waals surface area contributed by atoms with Crippen LogP contribution in [0.1, 0.15) is 5.56 Å². The highest BCUT2D eigenvalue weighted by atomic mass is 19.4. The van der Waals surface area contributed by atoms with E-state index in [-0.39, 0.29) is 25.4 Å². The van der Waals surface area contributed by atoms with Crippen LogP contribution in [0.4, 0.5) is 18.9 Å². The average molecular weight is 320 g/mol. The Morgan fingerprint density at radius 3 is 2.64 bits per heavy atom. The van der Waals surface area contributed by atoms with Gasteiger partial charge in [-0.05, 0) is 19.2 Å². The molecule has 22 heavy (non-hydrogen) atoms. The number of rotatable bonds is 7. The number of hydrogen-bond acceptors (Lipinski definition) is 4. The first-order valence-electron chi connectivity index (χ1n) is 6.55. The first kappa shape index (κ1) is 18.4. The standard InChI is InChI=1S/C14H19F3N2O3/c1-19(7-10(20)9-22-2)8-13(21)18-12-6-4-3-5-11(12)14(15,16)17/h3-6,10,20H,7-9H2,1-2H3,(H,18,21). The van der Waals surface area contributed by atoms with Crippen LogP contribution in [0.25, 0.3) is 0 Å². The molecule has 0 heterocycles. The third-order valence-corrected chi connectivity index (χ3v) is 2.80. The Kier molecular flexibility index (Phi) is 6.79. The molecule has 0 spiro atoms. The second-order valence-corrected chi connectivity index (χ2v) is 4.90. The second kappa shape index (κ2) is 8.11. The van der Waals surface area contributed by atoms with Crippen molar-refractivity contribution in [3.63, 3.8) is 0 Å². The SMILES string of the molecule is COCC(O)CN(C)CC(=O)Nc1ccccc1C(F)(F)F. The van der Waals surface area contributed by atoms with Crippen LogP contribution in [0, 0.1) is 0 Å². The number of likely N-dealkylation sites (N-methyl/N-ethyl adjacent to an activating group) is 1. The lowest BCUT2D eigenvalue weighted by molar-refractivity contribution is -0.137. The Balaban J connectivity index is 2.63. The molecule has 2 N–H and O–H groups in total. The summed E-state index contributed by atoms with van der Waals surface area (Å²) >= 11 is 0. The van der Waals surface area contributed by atoms with Gasteiger partial charge >= 0.3 is 6.18 Å². The zero-order chi connectivity index (χ0) is 16.8. The van der Waals surface area contributed by atoms with Gasteiger partial charge in [0.2, 0.25) is 5.91 Å². The van der Waals surface area contributed by atoms with Gasteiger partial charge in [0, 0.05) is 13.7 Å². The van der Waals surface area contributed by atoms with E-state index in [4.69, 9.17) is 4.74 Å². The predicted molar refractivity (Wildman–Crippen MR) is 75.5 cm³/mol. The molecule has 5 nitrogen and oxygen atoms in total. The molecular weight excluding hydrogens is 301 g/mol. The van der Waals surface area contributed by atoms with Gasteiger partial charge in [-0.3, -0.25) is 9.69 Å². The summed E-state index contributed by atoms with van der Waals surface area (Å²) in [6, 6.07) is 4.77. The quantitative estimate of drug-likeness (QED) is 0.801. The molecule has 0 aromatic heterocycles. The van der Waals surface area contributed by atoms with E-state index in [9.17, 15) is 23.1 Å². The van der Waals surface area contributed by atoms with Gasteiger partial charge in [0.1, 0.15) is 0 Å². The number of carbonyl (C=O) groups excluding carboxylic acids is 1. The molecule has 1 amide bonds.